The van der Waals surface area contributed by atoms with Crippen LogP contribution in [-0.4, -0.2) is 144 Å². The van der Waals surface area contributed by atoms with E-state index in [1.165, 1.54) is 6.92 Å². The van der Waals surface area contributed by atoms with Crippen molar-refractivity contribution in [1.82, 2.24) is 0 Å². The Labute approximate surface area is 316 Å². The molecule has 61 heavy (non-hydrogen) atoms. The van der Waals surface area contributed by atoms with Crippen molar-refractivity contribution in [3.63, 3.8) is 0 Å². The molecule has 0 aromatic carbocycles. The summed E-state index contributed by atoms with van der Waals surface area (Å²) < 4.78 is 440. The molecule has 0 rings (SSSR count). The van der Waals surface area contributed by atoms with Crippen molar-refractivity contribution < 1.29 is 168 Å². The Kier molecular flexibility index (Phi) is 18.5. The second kappa shape index (κ2) is 17.9. The van der Waals surface area contributed by atoms with Crippen molar-refractivity contribution in [2.24, 2.45) is 0 Å². The zero-order valence-corrected chi connectivity index (χ0v) is 29.3. The lowest BCUT2D eigenvalue weighted by molar-refractivity contribution is -0.457. The van der Waals surface area contributed by atoms with Gasteiger partial charge in [0.05, 0.1) is 24.2 Å². The number of aliphatic hydroxyl groups is 2. The maximum absolute atomic E-state index is 13.2. The van der Waals surface area contributed by atoms with Gasteiger partial charge < -0.3 is 10.2 Å². The molecule has 0 aromatic rings. The average Bonchev–Trinajstić information content (AvgIpc) is 2.99. The first-order valence-corrected chi connectivity index (χ1v) is 16.8. The van der Waals surface area contributed by atoms with Crippen LogP contribution in [0.25, 0.3) is 0 Å². The van der Waals surface area contributed by atoms with Crippen LogP contribution in [0.1, 0.15) is 19.8 Å². The summed E-state index contributed by atoms with van der Waals surface area (Å²) in [4.78, 5) is 0. The lowest BCUT2D eigenvalue weighted by atomic mass is 9.85. The molecule has 4 N–H and O–H groups in total. The Bertz CT molecular complexity index is 1510. The molecule has 0 amide bonds. The Morgan fingerprint density at radius 1 is 0.377 bits per heavy atom. The molecule has 1 unspecified atom stereocenters. The maximum Gasteiger partial charge on any atom is 0.438 e. The zero-order chi connectivity index (χ0) is 51.1. The van der Waals surface area contributed by atoms with Gasteiger partial charge in [0, 0.05) is 12.8 Å². The fraction of sp³-hybridized carbons (Fsp3) is 1.00. The standard InChI is InChI=1S/2C9H5F15O3S.C3H8O2/c2*10-3(11,1-2-28(25,26)27)5(13,14)7(17,18)6(15,16)4(12,8(19,20)21)9(22,23)24;1-3(5)2-4/h2*1-2H2,(H,25,26,27);3-5H,2H2,1H3. The first-order valence-electron chi connectivity index (χ1n) is 13.5. The summed E-state index contributed by atoms with van der Waals surface area (Å²) in [5.41, 5.74) is -16.8. The fourth-order valence-corrected chi connectivity index (χ4v) is 4.18. The van der Waals surface area contributed by atoms with Crippen LogP contribution in [0.2, 0.25) is 0 Å². The van der Waals surface area contributed by atoms with Crippen LogP contribution in [0.3, 0.4) is 0 Å². The molecular weight excluding hydrogens is 1010 g/mol. The second-order valence-electron chi connectivity index (χ2n) is 11.3. The highest BCUT2D eigenvalue weighted by Gasteiger charge is 2.97. The molecule has 0 aliphatic rings. The molecular formula is C21H18F30O8S2. The Morgan fingerprint density at radius 3 is 0.656 bits per heavy atom. The van der Waals surface area contributed by atoms with E-state index in [0.29, 0.717) is 0 Å². The number of halogens is 30. The first kappa shape index (κ1) is 62.9. The van der Waals surface area contributed by atoms with E-state index in [1.54, 1.807) is 0 Å². The predicted octanol–water partition coefficient (Wildman–Crippen LogP) is 8.64. The number of hydrogen-bond acceptors (Lipinski definition) is 6. The van der Waals surface area contributed by atoms with E-state index in [2.05, 4.69) is 0 Å². The zero-order valence-electron chi connectivity index (χ0n) is 27.7. The minimum absolute atomic E-state index is 0.139. The topological polar surface area (TPSA) is 149 Å². The molecule has 0 heterocycles. The molecule has 40 heteroatoms. The monoisotopic (exact) mass is 1030 g/mol. The quantitative estimate of drug-likeness (QED) is 0.0942. The molecule has 0 fully saturated rings. The number of rotatable bonds is 15. The van der Waals surface area contributed by atoms with E-state index in [0.717, 1.165) is 0 Å². The van der Waals surface area contributed by atoms with Gasteiger partial charge in [-0.05, 0) is 6.92 Å². The van der Waals surface area contributed by atoms with Crippen LogP contribution < -0.4 is 0 Å². The van der Waals surface area contributed by atoms with Crippen molar-refractivity contribution in [2.75, 3.05) is 18.1 Å². The molecule has 0 bridgehead atoms. The maximum atomic E-state index is 13.2. The van der Waals surface area contributed by atoms with Gasteiger partial charge in [-0.3, -0.25) is 9.11 Å². The average molecular weight is 1030 g/mol. The summed E-state index contributed by atoms with van der Waals surface area (Å²) in [6, 6.07) is 0. The molecule has 0 aliphatic carbocycles. The van der Waals surface area contributed by atoms with Crippen LogP contribution in [-0.2, 0) is 20.2 Å². The predicted molar refractivity (Wildman–Crippen MR) is 132 cm³/mol. The van der Waals surface area contributed by atoms with E-state index >= 15 is 0 Å². The van der Waals surface area contributed by atoms with Gasteiger partial charge in [-0.15, -0.1) is 0 Å². The summed E-state index contributed by atoms with van der Waals surface area (Å²) >= 11 is 0. The normalized spacial score (nSPS) is 16.3. The van der Waals surface area contributed by atoms with Gasteiger partial charge in [0.1, 0.15) is 0 Å². The Hall–Kier alpha value is -2.36. The van der Waals surface area contributed by atoms with Crippen molar-refractivity contribution in [3.05, 3.63) is 0 Å². The molecule has 0 aliphatic heterocycles. The highest BCUT2D eigenvalue weighted by atomic mass is 32.2. The summed E-state index contributed by atoms with van der Waals surface area (Å²) in [5.74, 6) is -68.1. The van der Waals surface area contributed by atoms with Gasteiger partial charge >= 0.3 is 83.4 Å². The van der Waals surface area contributed by atoms with Crippen LogP contribution in [0.4, 0.5) is 132 Å². The molecule has 0 radical (unpaired) electrons. The minimum atomic E-state index is -8.55. The van der Waals surface area contributed by atoms with Gasteiger partial charge in [0.2, 0.25) is 0 Å². The molecule has 0 saturated heterocycles. The third-order valence-corrected chi connectivity index (χ3v) is 7.98. The SMILES string of the molecule is CC(O)CO.O=S(=O)(O)CCC(F)(F)C(F)(F)C(F)(F)C(F)(F)C(F)(C(F)(F)F)C(F)(F)F.O=S(=O)(O)CCC(F)(F)C(F)(F)C(F)(F)C(F)(F)C(F)(C(F)(F)F)C(F)(F)F. The number of aliphatic hydroxyl groups excluding tert-OH is 2. The Balaban J connectivity index is -0.000000991. The minimum Gasteiger partial charge on any atom is -0.394 e. The van der Waals surface area contributed by atoms with E-state index in [-0.39, 0.29) is 6.61 Å². The van der Waals surface area contributed by atoms with E-state index in [4.69, 9.17) is 19.3 Å². The fourth-order valence-electron chi connectivity index (χ4n) is 3.15. The van der Waals surface area contributed by atoms with Gasteiger partial charge in [-0.1, -0.05) is 0 Å². The van der Waals surface area contributed by atoms with Crippen molar-refractivity contribution >= 4 is 20.2 Å². The van der Waals surface area contributed by atoms with Crippen LogP contribution >= 0.6 is 0 Å². The summed E-state index contributed by atoms with van der Waals surface area (Å²) in [7, 11) is -11.3. The van der Waals surface area contributed by atoms with Crippen molar-refractivity contribution in [1.29, 1.82) is 0 Å². The second-order valence-corrected chi connectivity index (χ2v) is 14.4. The highest BCUT2D eigenvalue weighted by Crippen LogP contribution is 2.66. The number of alkyl halides is 30. The van der Waals surface area contributed by atoms with E-state index in [1.807, 2.05) is 0 Å². The van der Waals surface area contributed by atoms with Crippen LogP contribution in [0, 0.1) is 0 Å². The van der Waals surface area contributed by atoms with Gasteiger partial charge in [0.15, 0.2) is 0 Å². The van der Waals surface area contributed by atoms with Crippen LogP contribution in [0.15, 0.2) is 0 Å². The lowest BCUT2D eigenvalue weighted by Gasteiger charge is -2.43. The van der Waals surface area contributed by atoms with Gasteiger partial charge in [-0.25, -0.2) is 8.78 Å². The van der Waals surface area contributed by atoms with Crippen molar-refractivity contribution in [2.45, 2.75) is 109 Å². The first-order chi connectivity index (χ1) is 25.7. The molecule has 8 nitrogen and oxygen atoms in total. The van der Waals surface area contributed by atoms with E-state index in [9.17, 15) is 149 Å². The van der Waals surface area contributed by atoms with E-state index < -0.39 is 134 Å². The molecule has 1 atom stereocenters. The van der Waals surface area contributed by atoms with Crippen molar-refractivity contribution in [3.8, 4) is 0 Å². The molecule has 372 valence electrons. The summed E-state index contributed by atoms with van der Waals surface area (Å²) in [6.45, 7) is 1.39. The highest BCUT2D eigenvalue weighted by molar-refractivity contribution is 7.86. The smallest absolute Gasteiger partial charge is 0.394 e. The van der Waals surface area contributed by atoms with Crippen LogP contribution in [0.5, 0.6) is 0 Å². The molecule has 0 spiro atoms. The third kappa shape index (κ3) is 12.1. The molecule has 0 aromatic heterocycles. The third-order valence-electron chi connectivity index (χ3n) is 6.54. The van der Waals surface area contributed by atoms with Gasteiger partial charge in [-0.2, -0.15) is 140 Å². The summed E-state index contributed by atoms with van der Waals surface area (Å²) in [5, 5.41) is 16.0. The largest absolute Gasteiger partial charge is 0.438 e. The lowest BCUT2D eigenvalue weighted by Crippen LogP contribution is -2.75. The number of hydrogen-bond donors (Lipinski definition) is 4. The summed E-state index contributed by atoms with van der Waals surface area (Å²) in [6.07, 6.45) is -39.0. The Morgan fingerprint density at radius 2 is 0.541 bits per heavy atom. The van der Waals surface area contributed by atoms with Gasteiger partial charge in [0.25, 0.3) is 20.2 Å². The molecule has 0 saturated carbocycles.